The van der Waals surface area contributed by atoms with Gasteiger partial charge in [-0.15, -0.1) is 10.2 Å². The van der Waals surface area contributed by atoms with Gasteiger partial charge in [0.25, 0.3) is 0 Å². The highest BCUT2D eigenvalue weighted by molar-refractivity contribution is 7.99. The number of hydrogen-bond acceptors (Lipinski definition) is 6. The van der Waals surface area contributed by atoms with Gasteiger partial charge in [-0.2, -0.15) is 0 Å². The van der Waals surface area contributed by atoms with Crippen LogP contribution in [0.3, 0.4) is 0 Å². The molecule has 1 atom stereocenters. The highest BCUT2D eigenvalue weighted by Gasteiger charge is 2.22. The van der Waals surface area contributed by atoms with E-state index in [-0.39, 0.29) is 17.8 Å². The number of aromatic nitrogens is 3. The van der Waals surface area contributed by atoms with E-state index in [2.05, 4.69) is 43.2 Å². The zero-order valence-electron chi connectivity index (χ0n) is 20.7. The third kappa shape index (κ3) is 6.76. The number of hydrogen-bond donors (Lipinski definition) is 1. The van der Waals surface area contributed by atoms with Gasteiger partial charge >= 0.3 is 0 Å². The summed E-state index contributed by atoms with van der Waals surface area (Å²) < 4.78 is 13.6. The van der Waals surface area contributed by atoms with Crippen LogP contribution < -0.4 is 14.8 Å². The smallest absolute Gasteiger partial charge is 0.234 e. The van der Waals surface area contributed by atoms with E-state index in [1.165, 1.54) is 17.3 Å². The highest BCUT2D eigenvalue weighted by Crippen LogP contribution is 2.31. The number of nitrogens with one attached hydrogen (secondary N) is 1. The summed E-state index contributed by atoms with van der Waals surface area (Å²) in [7, 11) is 1.62. The molecule has 0 saturated carbocycles. The first kappa shape index (κ1) is 25.6. The van der Waals surface area contributed by atoms with Crippen molar-refractivity contribution in [3.63, 3.8) is 0 Å². The number of nitrogens with zero attached hydrogens (tertiary/aromatic N) is 3. The summed E-state index contributed by atoms with van der Waals surface area (Å²) in [6.07, 6.45) is -0.342. The Bertz CT molecular complexity index is 1080. The summed E-state index contributed by atoms with van der Waals surface area (Å²) in [5, 5.41) is 12.4. The first-order valence-corrected chi connectivity index (χ1v) is 12.5. The van der Waals surface area contributed by atoms with Crippen LogP contribution in [0.2, 0.25) is 0 Å². The molecule has 1 aromatic heterocycles. The molecule has 182 valence electrons. The predicted octanol–water partition coefficient (Wildman–Crippen LogP) is 5.94. The van der Waals surface area contributed by atoms with Gasteiger partial charge in [-0.05, 0) is 48.6 Å². The van der Waals surface area contributed by atoms with Crippen LogP contribution in [0.15, 0.2) is 53.7 Å². The molecule has 3 aromatic rings. The van der Waals surface area contributed by atoms with Crippen molar-refractivity contribution in [3.05, 3.63) is 59.9 Å². The van der Waals surface area contributed by atoms with Crippen molar-refractivity contribution >= 4 is 23.4 Å². The van der Waals surface area contributed by atoms with Crippen molar-refractivity contribution in [2.24, 2.45) is 5.92 Å². The second kappa shape index (κ2) is 11.9. The maximum atomic E-state index is 12.6. The molecule has 3 rings (SSSR count). The van der Waals surface area contributed by atoms with Crippen LogP contribution in [-0.4, -0.2) is 33.5 Å². The molecule has 7 nitrogen and oxygen atoms in total. The molecule has 1 unspecified atom stereocenters. The Morgan fingerprint density at radius 2 is 1.68 bits per heavy atom. The molecule has 0 aliphatic heterocycles. The number of carbonyl (C=O) groups is 1. The van der Waals surface area contributed by atoms with E-state index in [9.17, 15) is 4.79 Å². The standard InChI is InChI=1S/C26H34N4O3S/c1-17(2)15-30-25(19(5)33-23-10-8-7-9-22(23)32-6)28-29-26(30)34-16-24(31)27-21-13-11-20(12-14-21)18(3)4/h7-14,17-19H,15-16H2,1-6H3,(H,27,31). The molecule has 0 aliphatic carbocycles. The van der Waals surface area contributed by atoms with E-state index in [4.69, 9.17) is 9.47 Å². The molecule has 0 spiro atoms. The summed E-state index contributed by atoms with van der Waals surface area (Å²) in [6, 6.07) is 15.5. The fourth-order valence-electron chi connectivity index (χ4n) is 3.48. The van der Waals surface area contributed by atoms with Crippen molar-refractivity contribution in [1.82, 2.24) is 14.8 Å². The summed E-state index contributed by atoms with van der Waals surface area (Å²) in [5.41, 5.74) is 2.03. The van der Waals surface area contributed by atoms with Crippen LogP contribution in [0.4, 0.5) is 5.69 Å². The molecule has 0 saturated heterocycles. The van der Waals surface area contributed by atoms with Gasteiger partial charge < -0.3 is 19.4 Å². The minimum atomic E-state index is -0.342. The molecule has 2 aromatic carbocycles. The minimum absolute atomic E-state index is 0.0822. The maximum absolute atomic E-state index is 12.6. The molecule has 8 heteroatoms. The van der Waals surface area contributed by atoms with Crippen molar-refractivity contribution in [3.8, 4) is 11.5 Å². The molecule has 0 bridgehead atoms. The molecule has 1 N–H and O–H groups in total. The van der Waals surface area contributed by atoms with Gasteiger partial charge in [-0.25, -0.2) is 0 Å². The van der Waals surface area contributed by atoms with Crippen LogP contribution in [0.1, 0.15) is 58.0 Å². The lowest BCUT2D eigenvalue weighted by Gasteiger charge is -2.19. The van der Waals surface area contributed by atoms with E-state index in [1.54, 1.807) is 7.11 Å². The van der Waals surface area contributed by atoms with Gasteiger partial charge in [0.15, 0.2) is 28.6 Å². The Balaban J connectivity index is 1.68. The molecule has 1 amide bonds. The Morgan fingerprint density at radius 1 is 1.00 bits per heavy atom. The van der Waals surface area contributed by atoms with Crippen LogP contribution in [0, 0.1) is 5.92 Å². The van der Waals surface area contributed by atoms with Crippen LogP contribution in [0.5, 0.6) is 11.5 Å². The lowest BCUT2D eigenvalue weighted by atomic mass is 10.0. The lowest BCUT2D eigenvalue weighted by Crippen LogP contribution is -2.17. The number of anilines is 1. The van der Waals surface area contributed by atoms with Gasteiger partial charge in [-0.3, -0.25) is 4.79 Å². The maximum Gasteiger partial charge on any atom is 0.234 e. The molecule has 1 heterocycles. The Morgan fingerprint density at radius 3 is 2.29 bits per heavy atom. The van der Waals surface area contributed by atoms with Gasteiger partial charge in [0.2, 0.25) is 5.91 Å². The molecule has 0 fully saturated rings. The number of ether oxygens (including phenoxy) is 2. The average Bonchev–Trinajstić information content (AvgIpc) is 3.20. The number of thioether (sulfide) groups is 1. The summed E-state index contributed by atoms with van der Waals surface area (Å²) in [6.45, 7) is 11.2. The van der Waals surface area contributed by atoms with Crippen molar-refractivity contribution in [2.75, 3.05) is 18.2 Å². The van der Waals surface area contributed by atoms with Gasteiger partial charge in [0.05, 0.1) is 12.9 Å². The van der Waals surface area contributed by atoms with E-state index in [1.807, 2.05) is 60.0 Å². The first-order chi connectivity index (χ1) is 16.3. The van der Waals surface area contributed by atoms with Crippen LogP contribution in [0.25, 0.3) is 0 Å². The fraction of sp³-hybridized carbons (Fsp3) is 0.423. The molecule has 34 heavy (non-hydrogen) atoms. The number of methoxy groups -OCH3 is 1. The summed E-state index contributed by atoms with van der Waals surface area (Å²) in [5.74, 6) is 3.01. The van der Waals surface area contributed by atoms with Crippen molar-refractivity contribution < 1.29 is 14.3 Å². The summed E-state index contributed by atoms with van der Waals surface area (Å²) in [4.78, 5) is 12.6. The monoisotopic (exact) mass is 482 g/mol. The number of para-hydroxylation sites is 2. The van der Waals surface area contributed by atoms with Crippen LogP contribution in [-0.2, 0) is 11.3 Å². The van der Waals surface area contributed by atoms with E-state index in [0.29, 0.717) is 34.3 Å². The lowest BCUT2D eigenvalue weighted by molar-refractivity contribution is -0.113. The molecular weight excluding hydrogens is 448 g/mol. The molecule has 0 radical (unpaired) electrons. The second-order valence-electron chi connectivity index (χ2n) is 8.87. The Labute approximate surface area is 206 Å². The van der Waals surface area contributed by atoms with E-state index >= 15 is 0 Å². The average molecular weight is 483 g/mol. The van der Waals surface area contributed by atoms with Crippen molar-refractivity contribution in [2.45, 2.75) is 58.3 Å². The van der Waals surface area contributed by atoms with Crippen molar-refractivity contribution in [1.29, 1.82) is 0 Å². The van der Waals surface area contributed by atoms with Gasteiger partial charge in [0, 0.05) is 12.2 Å². The number of rotatable bonds is 11. The third-order valence-electron chi connectivity index (χ3n) is 5.22. The van der Waals surface area contributed by atoms with E-state index in [0.717, 1.165) is 12.2 Å². The van der Waals surface area contributed by atoms with E-state index < -0.39 is 0 Å². The zero-order valence-corrected chi connectivity index (χ0v) is 21.6. The predicted molar refractivity (Wildman–Crippen MR) is 137 cm³/mol. The number of carbonyl (C=O) groups excluding carboxylic acids is 1. The number of benzene rings is 2. The normalized spacial score (nSPS) is 12.1. The van der Waals surface area contributed by atoms with Crippen LogP contribution >= 0.6 is 11.8 Å². The molecule has 0 aliphatic rings. The zero-order chi connectivity index (χ0) is 24.7. The fourth-order valence-corrected chi connectivity index (χ4v) is 4.24. The number of amides is 1. The first-order valence-electron chi connectivity index (χ1n) is 11.5. The summed E-state index contributed by atoms with van der Waals surface area (Å²) >= 11 is 1.37. The second-order valence-corrected chi connectivity index (χ2v) is 9.81. The quantitative estimate of drug-likeness (QED) is 0.341. The van der Waals surface area contributed by atoms with Gasteiger partial charge in [-0.1, -0.05) is 63.7 Å². The van der Waals surface area contributed by atoms with Gasteiger partial charge in [0.1, 0.15) is 0 Å². The third-order valence-corrected chi connectivity index (χ3v) is 6.19. The molecular formula is C26H34N4O3S. The largest absolute Gasteiger partial charge is 0.493 e. The SMILES string of the molecule is COc1ccccc1OC(C)c1nnc(SCC(=O)Nc2ccc(C(C)C)cc2)n1CC(C)C. The highest BCUT2D eigenvalue weighted by atomic mass is 32.2. The topological polar surface area (TPSA) is 78.3 Å². The Hall–Kier alpha value is -3.00. The Kier molecular flexibility index (Phi) is 8.98. The minimum Gasteiger partial charge on any atom is -0.493 e.